The molecule has 1 amide bonds. The number of nitrogens with zero attached hydrogens (tertiary/aromatic N) is 1. The summed E-state index contributed by atoms with van der Waals surface area (Å²) in [7, 11) is 0. The first-order valence-electron chi connectivity index (χ1n) is 8.96. The Balaban J connectivity index is 1.40. The van der Waals surface area contributed by atoms with E-state index < -0.39 is 0 Å². The molecule has 1 fully saturated rings. The average Bonchev–Trinajstić information content (AvgIpc) is 3.07. The van der Waals surface area contributed by atoms with Crippen LogP contribution in [0.4, 0.5) is 0 Å². The predicted octanol–water partition coefficient (Wildman–Crippen LogP) is 2.94. The molecule has 4 nitrogen and oxygen atoms in total. The Labute approximate surface area is 157 Å². The fraction of sp³-hybridized carbons (Fsp3) is 0.286. The average molecular weight is 370 g/mol. The minimum atomic E-state index is -0.0349. The number of amides is 1. The van der Waals surface area contributed by atoms with Crippen LogP contribution in [0, 0.1) is 6.92 Å². The summed E-state index contributed by atoms with van der Waals surface area (Å²) in [4.78, 5) is 16.2. The molecule has 3 aromatic rings. The Morgan fingerprint density at radius 2 is 1.92 bits per heavy atom. The predicted molar refractivity (Wildman–Crippen MR) is 103 cm³/mol. The van der Waals surface area contributed by atoms with E-state index in [2.05, 4.69) is 31.2 Å². The van der Waals surface area contributed by atoms with Gasteiger partial charge in [0.05, 0.1) is 26.2 Å². The number of nitrogens with one attached hydrogen (secondary N) is 1. The lowest BCUT2D eigenvalue weighted by Crippen LogP contribution is -3.13. The highest BCUT2D eigenvalue weighted by Gasteiger charge is 2.26. The third kappa shape index (κ3) is 3.48. The smallest absolute Gasteiger partial charge is 0.290 e. The summed E-state index contributed by atoms with van der Waals surface area (Å²) in [6.07, 6.45) is 0. The van der Waals surface area contributed by atoms with Crippen molar-refractivity contribution in [3.8, 4) is 0 Å². The zero-order valence-electron chi connectivity index (χ0n) is 14.8. The number of piperazine rings is 1. The molecular weight excluding hydrogens is 348 g/mol. The number of carbonyl (C=O) groups is 1. The number of fused-ring (bicyclic) bond motifs is 1. The number of benzene rings is 2. The molecule has 0 unspecified atom stereocenters. The third-order valence-corrected chi connectivity index (χ3v) is 5.38. The topological polar surface area (TPSA) is 37.9 Å². The second kappa shape index (κ2) is 7.14. The van der Waals surface area contributed by atoms with E-state index in [9.17, 15) is 4.79 Å². The summed E-state index contributed by atoms with van der Waals surface area (Å²) in [5.41, 5.74) is 3.41. The maximum atomic E-state index is 12.8. The van der Waals surface area contributed by atoms with Crippen molar-refractivity contribution in [2.75, 3.05) is 26.2 Å². The van der Waals surface area contributed by atoms with Crippen LogP contribution in [0.1, 0.15) is 21.7 Å². The van der Waals surface area contributed by atoms with Crippen molar-refractivity contribution >= 4 is 28.5 Å². The SMILES string of the molecule is Cc1ccccc1C[NH+]1CCN(C(=O)c2cc3cc(Cl)ccc3o2)CC1. The summed E-state index contributed by atoms with van der Waals surface area (Å²) >= 11 is 6.01. The van der Waals surface area contributed by atoms with Crippen molar-refractivity contribution in [1.29, 1.82) is 0 Å². The van der Waals surface area contributed by atoms with E-state index in [0.29, 0.717) is 16.4 Å². The fourth-order valence-electron chi connectivity index (χ4n) is 3.56. The van der Waals surface area contributed by atoms with Gasteiger partial charge in [-0.3, -0.25) is 4.79 Å². The molecule has 0 spiro atoms. The first-order valence-corrected chi connectivity index (χ1v) is 9.34. The van der Waals surface area contributed by atoms with E-state index in [1.165, 1.54) is 16.0 Å². The maximum absolute atomic E-state index is 12.8. The van der Waals surface area contributed by atoms with Gasteiger partial charge in [-0.25, -0.2) is 0 Å². The molecule has 26 heavy (non-hydrogen) atoms. The molecule has 2 aromatic carbocycles. The maximum Gasteiger partial charge on any atom is 0.290 e. The summed E-state index contributed by atoms with van der Waals surface area (Å²) in [6.45, 7) is 6.56. The fourth-order valence-corrected chi connectivity index (χ4v) is 3.74. The second-order valence-electron chi connectivity index (χ2n) is 6.94. The van der Waals surface area contributed by atoms with Crippen molar-refractivity contribution in [3.63, 3.8) is 0 Å². The highest BCUT2D eigenvalue weighted by Crippen LogP contribution is 2.23. The molecule has 0 radical (unpaired) electrons. The van der Waals surface area contributed by atoms with Gasteiger partial charge < -0.3 is 14.2 Å². The minimum absolute atomic E-state index is 0.0349. The zero-order valence-corrected chi connectivity index (χ0v) is 15.6. The molecule has 0 bridgehead atoms. The minimum Gasteiger partial charge on any atom is -0.451 e. The zero-order chi connectivity index (χ0) is 18.1. The molecule has 1 saturated heterocycles. The van der Waals surface area contributed by atoms with Gasteiger partial charge >= 0.3 is 0 Å². The van der Waals surface area contributed by atoms with Gasteiger partial charge in [-0.2, -0.15) is 0 Å². The third-order valence-electron chi connectivity index (χ3n) is 5.15. The van der Waals surface area contributed by atoms with Crippen LogP contribution in [0.5, 0.6) is 0 Å². The molecule has 0 saturated carbocycles. The number of carbonyl (C=O) groups excluding carboxylic acids is 1. The molecule has 1 aliphatic heterocycles. The lowest BCUT2D eigenvalue weighted by atomic mass is 10.1. The van der Waals surface area contributed by atoms with Crippen molar-refractivity contribution in [3.05, 3.63) is 70.4 Å². The van der Waals surface area contributed by atoms with Crippen LogP contribution in [0.25, 0.3) is 11.0 Å². The number of hydrogen-bond donors (Lipinski definition) is 1. The van der Waals surface area contributed by atoms with Crippen LogP contribution in [-0.4, -0.2) is 37.0 Å². The Kier molecular flexibility index (Phi) is 4.70. The number of halogens is 1. The van der Waals surface area contributed by atoms with Crippen molar-refractivity contribution in [1.82, 2.24) is 4.90 Å². The molecule has 1 aliphatic rings. The molecule has 0 aliphatic carbocycles. The summed E-state index contributed by atoms with van der Waals surface area (Å²) in [5.74, 6) is 0.358. The van der Waals surface area contributed by atoms with Crippen molar-refractivity contribution < 1.29 is 14.1 Å². The van der Waals surface area contributed by atoms with Crippen LogP contribution < -0.4 is 4.90 Å². The number of hydrogen-bond acceptors (Lipinski definition) is 2. The molecule has 2 heterocycles. The summed E-state index contributed by atoms with van der Waals surface area (Å²) < 4.78 is 5.72. The number of rotatable bonds is 3. The van der Waals surface area contributed by atoms with Crippen LogP contribution in [0.15, 0.2) is 52.9 Å². The van der Waals surface area contributed by atoms with Crippen molar-refractivity contribution in [2.24, 2.45) is 0 Å². The molecule has 1 N–H and O–H groups in total. The van der Waals surface area contributed by atoms with E-state index >= 15 is 0 Å². The Morgan fingerprint density at radius 3 is 2.69 bits per heavy atom. The Bertz CT molecular complexity index is 942. The van der Waals surface area contributed by atoms with E-state index in [1.54, 1.807) is 18.2 Å². The van der Waals surface area contributed by atoms with E-state index in [4.69, 9.17) is 16.0 Å². The van der Waals surface area contributed by atoms with Gasteiger partial charge in [0.25, 0.3) is 5.91 Å². The molecule has 134 valence electrons. The Morgan fingerprint density at radius 1 is 1.15 bits per heavy atom. The van der Waals surface area contributed by atoms with Gasteiger partial charge in [-0.05, 0) is 36.8 Å². The number of quaternary nitrogens is 1. The summed E-state index contributed by atoms with van der Waals surface area (Å²) in [5, 5.41) is 1.51. The van der Waals surface area contributed by atoms with Crippen LogP contribution in [-0.2, 0) is 6.54 Å². The molecular formula is C21H22ClN2O2+. The number of furan rings is 1. The first-order chi connectivity index (χ1) is 12.6. The standard InChI is InChI=1S/C21H21ClN2O2/c1-15-4-2-3-5-16(15)14-23-8-10-24(11-9-23)21(25)20-13-17-12-18(22)6-7-19(17)26-20/h2-7,12-13H,8-11,14H2,1H3/p+1. The quantitative estimate of drug-likeness (QED) is 0.770. The monoisotopic (exact) mass is 369 g/mol. The lowest BCUT2D eigenvalue weighted by molar-refractivity contribution is -0.917. The van der Waals surface area contributed by atoms with Crippen LogP contribution in [0.3, 0.4) is 0 Å². The highest BCUT2D eigenvalue weighted by molar-refractivity contribution is 6.31. The molecule has 5 heteroatoms. The molecule has 4 rings (SSSR count). The Hall–Kier alpha value is -2.30. The van der Waals surface area contributed by atoms with E-state index in [0.717, 1.165) is 38.1 Å². The van der Waals surface area contributed by atoms with Crippen LogP contribution >= 0.6 is 11.6 Å². The van der Waals surface area contributed by atoms with Gasteiger partial charge in [0.2, 0.25) is 0 Å². The van der Waals surface area contributed by atoms with Gasteiger partial charge in [0.15, 0.2) is 5.76 Å². The second-order valence-corrected chi connectivity index (χ2v) is 7.37. The highest BCUT2D eigenvalue weighted by atomic mass is 35.5. The van der Waals surface area contributed by atoms with Gasteiger partial charge in [0.1, 0.15) is 12.1 Å². The normalized spacial score (nSPS) is 15.5. The van der Waals surface area contributed by atoms with Crippen molar-refractivity contribution in [2.45, 2.75) is 13.5 Å². The van der Waals surface area contributed by atoms with E-state index in [1.807, 2.05) is 11.0 Å². The van der Waals surface area contributed by atoms with Gasteiger partial charge in [0, 0.05) is 16.0 Å². The largest absolute Gasteiger partial charge is 0.451 e. The molecule has 1 aromatic heterocycles. The number of aryl methyl sites for hydroxylation is 1. The van der Waals surface area contributed by atoms with Gasteiger partial charge in [-0.15, -0.1) is 0 Å². The summed E-state index contributed by atoms with van der Waals surface area (Å²) in [6, 6.07) is 15.7. The first kappa shape index (κ1) is 17.1. The molecule has 0 atom stereocenters. The van der Waals surface area contributed by atoms with Crippen LogP contribution in [0.2, 0.25) is 5.02 Å². The van der Waals surface area contributed by atoms with E-state index in [-0.39, 0.29) is 5.91 Å². The van der Waals surface area contributed by atoms with Gasteiger partial charge in [-0.1, -0.05) is 35.9 Å². The lowest BCUT2D eigenvalue weighted by Gasteiger charge is -2.32.